The van der Waals surface area contributed by atoms with Crippen LogP contribution in [0.15, 0.2) is 51.2 Å². The van der Waals surface area contributed by atoms with Crippen molar-refractivity contribution in [2.45, 2.75) is 0 Å². The summed E-state index contributed by atoms with van der Waals surface area (Å²) in [5, 5.41) is 3.22. The van der Waals surface area contributed by atoms with Crippen LogP contribution in [0.25, 0.3) is 17.0 Å². The van der Waals surface area contributed by atoms with Crippen LogP contribution in [0.4, 0.5) is 0 Å². The number of amidine groups is 1. The van der Waals surface area contributed by atoms with E-state index < -0.39 is 0 Å². The fourth-order valence-electron chi connectivity index (χ4n) is 2.55. The van der Waals surface area contributed by atoms with Gasteiger partial charge in [0.1, 0.15) is 5.76 Å². The molecule has 0 spiro atoms. The molecule has 0 saturated carbocycles. The van der Waals surface area contributed by atoms with Gasteiger partial charge in [-0.25, -0.2) is 0 Å². The number of furan rings is 1. The van der Waals surface area contributed by atoms with Crippen molar-refractivity contribution >= 4 is 28.9 Å². The Bertz CT molecular complexity index is 776. The number of carbonyl (C=O) groups is 1. The van der Waals surface area contributed by atoms with Crippen molar-refractivity contribution in [2.24, 2.45) is 4.99 Å². The van der Waals surface area contributed by atoms with Crippen LogP contribution in [-0.2, 0) is 0 Å². The average molecular weight is 296 g/mol. The Balaban J connectivity index is 1.70. The van der Waals surface area contributed by atoms with Crippen molar-refractivity contribution in [3.8, 4) is 11.3 Å². The highest BCUT2D eigenvalue weighted by Gasteiger charge is 2.27. The van der Waals surface area contributed by atoms with Crippen LogP contribution >= 0.6 is 11.8 Å². The molecule has 0 radical (unpaired) electrons. The Morgan fingerprint density at radius 3 is 3.00 bits per heavy atom. The average Bonchev–Trinajstić information content (AvgIpc) is 3.23. The van der Waals surface area contributed by atoms with Gasteiger partial charge >= 0.3 is 0 Å². The standard InChI is InChI=1S/C16H12N2O2S/c19-9-13-4-5-15(20-13)12-3-1-2-11(8-12)14-10-21-16-17-6-7-18(14)16/h1-5,8-10H,6-7H2. The number of aliphatic imine (C=N–C) groups is 1. The van der Waals surface area contributed by atoms with Gasteiger partial charge in [0.15, 0.2) is 17.2 Å². The fraction of sp³-hybridized carbons (Fsp3) is 0.125. The molecule has 2 aliphatic heterocycles. The molecular weight excluding hydrogens is 284 g/mol. The van der Waals surface area contributed by atoms with Gasteiger partial charge in [0.2, 0.25) is 0 Å². The molecule has 0 bridgehead atoms. The molecule has 0 amide bonds. The second-order valence-electron chi connectivity index (χ2n) is 4.84. The maximum atomic E-state index is 10.7. The minimum absolute atomic E-state index is 0.347. The van der Waals surface area contributed by atoms with Gasteiger partial charge in [-0.1, -0.05) is 30.0 Å². The van der Waals surface area contributed by atoms with E-state index in [0.29, 0.717) is 11.5 Å². The molecule has 0 saturated heterocycles. The number of fused-ring (bicyclic) bond motifs is 1. The van der Waals surface area contributed by atoms with Gasteiger partial charge in [-0.15, -0.1) is 0 Å². The lowest BCUT2D eigenvalue weighted by Gasteiger charge is -2.16. The van der Waals surface area contributed by atoms with Crippen LogP contribution in [0.1, 0.15) is 16.1 Å². The van der Waals surface area contributed by atoms with E-state index in [9.17, 15) is 4.79 Å². The highest BCUT2D eigenvalue weighted by Crippen LogP contribution is 2.36. The third-order valence-corrected chi connectivity index (χ3v) is 4.46. The minimum Gasteiger partial charge on any atom is -0.453 e. The Labute approximate surface area is 126 Å². The van der Waals surface area contributed by atoms with E-state index in [2.05, 4.69) is 27.4 Å². The lowest BCUT2D eigenvalue weighted by molar-refractivity contribution is 0.110. The van der Waals surface area contributed by atoms with E-state index in [-0.39, 0.29) is 0 Å². The number of thioether (sulfide) groups is 1. The van der Waals surface area contributed by atoms with Gasteiger partial charge in [0, 0.05) is 17.5 Å². The second kappa shape index (κ2) is 4.93. The zero-order valence-electron chi connectivity index (χ0n) is 11.2. The van der Waals surface area contributed by atoms with Gasteiger partial charge in [-0.3, -0.25) is 9.79 Å². The fourth-order valence-corrected chi connectivity index (χ4v) is 3.51. The van der Waals surface area contributed by atoms with Crippen molar-refractivity contribution < 1.29 is 9.21 Å². The molecule has 104 valence electrons. The third kappa shape index (κ3) is 2.10. The molecule has 0 aliphatic carbocycles. The smallest absolute Gasteiger partial charge is 0.185 e. The number of benzene rings is 1. The van der Waals surface area contributed by atoms with Crippen LogP contribution in [0.2, 0.25) is 0 Å². The molecule has 0 fully saturated rings. The summed E-state index contributed by atoms with van der Waals surface area (Å²) in [7, 11) is 0. The van der Waals surface area contributed by atoms with Crippen molar-refractivity contribution in [3.05, 3.63) is 53.1 Å². The maximum Gasteiger partial charge on any atom is 0.185 e. The predicted octanol–water partition coefficient (Wildman–Crippen LogP) is 3.48. The SMILES string of the molecule is O=Cc1ccc(-c2cccc(C3=CSC4=NCCN34)c2)o1. The van der Waals surface area contributed by atoms with Crippen LogP contribution in [0.5, 0.6) is 0 Å². The lowest BCUT2D eigenvalue weighted by atomic mass is 10.1. The summed E-state index contributed by atoms with van der Waals surface area (Å²) in [6.07, 6.45) is 0.719. The number of rotatable bonds is 3. The van der Waals surface area contributed by atoms with Crippen molar-refractivity contribution in [1.82, 2.24) is 4.90 Å². The van der Waals surface area contributed by atoms with E-state index in [1.165, 1.54) is 5.70 Å². The topological polar surface area (TPSA) is 45.8 Å². The van der Waals surface area contributed by atoms with E-state index in [0.717, 1.165) is 35.7 Å². The first-order chi connectivity index (χ1) is 10.3. The van der Waals surface area contributed by atoms with Crippen molar-refractivity contribution in [2.75, 3.05) is 13.1 Å². The normalized spacial score (nSPS) is 16.7. The number of hydrogen-bond donors (Lipinski definition) is 0. The molecule has 21 heavy (non-hydrogen) atoms. The summed E-state index contributed by atoms with van der Waals surface area (Å²) in [4.78, 5) is 17.4. The van der Waals surface area contributed by atoms with Gasteiger partial charge < -0.3 is 9.32 Å². The summed E-state index contributed by atoms with van der Waals surface area (Å²) in [6, 6.07) is 11.7. The number of nitrogens with zero attached hydrogens (tertiary/aromatic N) is 2. The zero-order valence-corrected chi connectivity index (χ0v) is 12.0. The molecule has 4 rings (SSSR count). The van der Waals surface area contributed by atoms with Crippen LogP contribution in [-0.4, -0.2) is 29.4 Å². The molecule has 0 unspecified atom stereocenters. The zero-order chi connectivity index (χ0) is 14.2. The monoisotopic (exact) mass is 296 g/mol. The Hall–Kier alpha value is -2.27. The molecule has 2 aliphatic rings. The van der Waals surface area contributed by atoms with Crippen LogP contribution in [0, 0.1) is 0 Å². The van der Waals surface area contributed by atoms with E-state index in [1.54, 1.807) is 17.8 Å². The van der Waals surface area contributed by atoms with Crippen LogP contribution in [0.3, 0.4) is 0 Å². The molecule has 0 atom stereocenters. The van der Waals surface area contributed by atoms with Crippen molar-refractivity contribution in [3.63, 3.8) is 0 Å². The first kappa shape index (κ1) is 12.5. The first-order valence-corrected chi connectivity index (χ1v) is 7.58. The van der Waals surface area contributed by atoms with Crippen molar-refractivity contribution in [1.29, 1.82) is 0 Å². The third-order valence-electron chi connectivity index (χ3n) is 3.55. The molecule has 0 N–H and O–H groups in total. The van der Waals surface area contributed by atoms with Crippen LogP contribution < -0.4 is 0 Å². The molecular formula is C16H12N2O2S. The van der Waals surface area contributed by atoms with Gasteiger partial charge in [-0.2, -0.15) is 0 Å². The van der Waals surface area contributed by atoms with Gasteiger partial charge in [0.05, 0.1) is 12.2 Å². The highest BCUT2D eigenvalue weighted by atomic mass is 32.2. The Morgan fingerprint density at radius 1 is 1.24 bits per heavy atom. The predicted molar refractivity (Wildman–Crippen MR) is 84.1 cm³/mol. The summed E-state index contributed by atoms with van der Waals surface area (Å²) < 4.78 is 5.49. The largest absolute Gasteiger partial charge is 0.453 e. The van der Waals surface area contributed by atoms with E-state index in [4.69, 9.17) is 4.42 Å². The summed E-state index contributed by atoms with van der Waals surface area (Å²) in [5.41, 5.74) is 3.28. The second-order valence-corrected chi connectivity index (χ2v) is 5.67. The van der Waals surface area contributed by atoms with Gasteiger partial charge in [-0.05, 0) is 23.8 Å². The first-order valence-electron chi connectivity index (χ1n) is 6.70. The van der Waals surface area contributed by atoms with E-state index >= 15 is 0 Å². The number of carbonyl (C=O) groups excluding carboxylic acids is 1. The number of aldehydes is 1. The lowest BCUT2D eigenvalue weighted by Crippen LogP contribution is -2.19. The molecule has 2 aromatic rings. The summed E-state index contributed by atoms with van der Waals surface area (Å²) in [5.74, 6) is 1.06. The Kier molecular flexibility index (Phi) is 2.93. The molecule has 1 aromatic heterocycles. The Morgan fingerprint density at radius 2 is 2.14 bits per heavy atom. The quantitative estimate of drug-likeness (QED) is 0.814. The molecule has 4 nitrogen and oxygen atoms in total. The molecule has 3 heterocycles. The molecule has 5 heteroatoms. The van der Waals surface area contributed by atoms with Gasteiger partial charge in [0.25, 0.3) is 0 Å². The summed E-state index contributed by atoms with van der Waals surface area (Å²) in [6.45, 7) is 1.80. The molecule has 1 aromatic carbocycles. The minimum atomic E-state index is 0.347. The number of hydrogen-bond acceptors (Lipinski definition) is 5. The highest BCUT2D eigenvalue weighted by molar-refractivity contribution is 8.16. The van der Waals surface area contributed by atoms with E-state index in [1.807, 2.05) is 18.2 Å². The summed E-state index contributed by atoms with van der Waals surface area (Å²) >= 11 is 1.67. The maximum absolute atomic E-state index is 10.7.